The van der Waals surface area contributed by atoms with Crippen LogP contribution in [0.1, 0.15) is 17.3 Å². The van der Waals surface area contributed by atoms with Crippen molar-refractivity contribution >= 4 is 12.0 Å². The number of rotatable bonds is 4. The summed E-state index contributed by atoms with van der Waals surface area (Å²) in [6, 6.07) is 5.02. The summed E-state index contributed by atoms with van der Waals surface area (Å²) in [6.07, 6.45) is 0.761. The van der Waals surface area contributed by atoms with Gasteiger partial charge < -0.3 is 15.2 Å². The molecule has 0 radical (unpaired) electrons. The van der Waals surface area contributed by atoms with Crippen LogP contribution in [-0.4, -0.2) is 26.1 Å². The molecule has 2 N–H and O–H groups in total. The Morgan fingerprint density at radius 1 is 1.50 bits per heavy atom. The molecule has 1 aromatic carbocycles. The maximum absolute atomic E-state index is 10.6. The van der Waals surface area contributed by atoms with Gasteiger partial charge in [-0.15, -0.1) is 0 Å². The number of nitrogen functional groups attached to an aromatic ring is 1. The maximum Gasteiger partial charge on any atom is 0.150 e. The highest BCUT2D eigenvalue weighted by Crippen LogP contribution is 2.28. The molecule has 4 heteroatoms. The van der Waals surface area contributed by atoms with Crippen molar-refractivity contribution in [3.8, 4) is 5.75 Å². The van der Waals surface area contributed by atoms with Crippen LogP contribution in [0.15, 0.2) is 18.2 Å². The molecule has 0 aliphatic carbocycles. The van der Waals surface area contributed by atoms with E-state index in [2.05, 4.69) is 6.92 Å². The van der Waals surface area contributed by atoms with Gasteiger partial charge in [-0.25, -0.2) is 0 Å². The van der Waals surface area contributed by atoms with E-state index in [9.17, 15) is 4.79 Å². The van der Waals surface area contributed by atoms with Crippen molar-refractivity contribution in [3.63, 3.8) is 0 Å². The van der Waals surface area contributed by atoms with E-state index < -0.39 is 0 Å². The molecule has 1 aliphatic heterocycles. The van der Waals surface area contributed by atoms with Gasteiger partial charge in [-0.05, 0) is 12.1 Å². The fourth-order valence-corrected chi connectivity index (χ4v) is 1.59. The first kappa shape index (κ1) is 11.0. The zero-order valence-electron chi connectivity index (χ0n) is 9.23. The number of hydrogen-bond donors (Lipinski definition) is 1. The predicted octanol–water partition coefficient (Wildman–Crippen LogP) is 1.50. The van der Waals surface area contributed by atoms with E-state index in [-0.39, 0.29) is 5.41 Å². The highest BCUT2D eigenvalue weighted by molar-refractivity contribution is 5.77. The number of carbonyl (C=O) groups is 1. The van der Waals surface area contributed by atoms with Crippen LogP contribution in [-0.2, 0) is 4.74 Å². The quantitative estimate of drug-likeness (QED) is 0.618. The van der Waals surface area contributed by atoms with Crippen LogP contribution in [0.3, 0.4) is 0 Å². The van der Waals surface area contributed by atoms with Crippen molar-refractivity contribution in [1.29, 1.82) is 0 Å². The van der Waals surface area contributed by atoms with Crippen molar-refractivity contribution in [3.05, 3.63) is 23.8 Å². The van der Waals surface area contributed by atoms with Gasteiger partial charge in [0.05, 0.1) is 19.8 Å². The average Bonchev–Trinajstić information content (AvgIpc) is 2.23. The van der Waals surface area contributed by atoms with E-state index in [1.54, 1.807) is 18.2 Å². The molecule has 1 heterocycles. The highest BCUT2D eigenvalue weighted by Gasteiger charge is 2.34. The van der Waals surface area contributed by atoms with Crippen LogP contribution in [0, 0.1) is 5.41 Å². The van der Waals surface area contributed by atoms with E-state index in [1.807, 2.05) is 0 Å². The minimum atomic E-state index is 0.0892. The lowest BCUT2D eigenvalue weighted by atomic mass is 9.90. The monoisotopic (exact) mass is 221 g/mol. The Morgan fingerprint density at radius 3 is 2.81 bits per heavy atom. The Bertz CT molecular complexity index is 399. The topological polar surface area (TPSA) is 61.5 Å². The normalized spacial score (nSPS) is 17.6. The minimum Gasteiger partial charge on any atom is -0.493 e. The van der Waals surface area contributed by atoms with Crippen molar-refractivity contribution in [2.45, 2.75) is 6.92 Å². The minimum absolute atomic E-state index is 0.0892. The van der Waals surface area contributed by atoms with Gasteiger partial charge in [0.1, 0.15) is 12.0 Å². The molecule has 0 bridgehead atoms. The molecule has 1 fully saturated rings. The summed E-state index contributed by atoms with van der Waals surface area (Å²) < 4.78 is 10.8. The SMILES string of the molecule is CC1(COc2cc(N)cc(C=O)c2)COC1. The van der Waals surface area contributed by atoms with Gasteiger partial charge in [0, 0.05) is 22.7 Å². The zero-order valence-corrected chi connectivity index (χ0v) is 9.23. The molecule has 0 amide bonds. The highest BCUT2D eigenvalue weighted by atomic mass is 16.5. The first-order valence-corrected chi connectivity index (χ1v) is 5.18. The first-order chi connectivity index (χ1) is 7.61. The standard InChI is InChI=1S/C12H15NO3/c1-12(6-15-7-12)8-16-11-3-9(5-14)2-10(13)4-11/h2-5H,6-8,13H2,1H3. The molecule has 1 aromatic rings. The number of hydrogen-bond acceptors (Lipinski definition) is 4. The molecule has 0 aromatic heterocycles. The van der Waals surface area contributed by atoms with Crippen molar-refractivity contribution < 1.29 is 14.3 Å². The summed E-state index contributed by atoms with van der Waals surface area (Å²) in [6.45, 7) is 4.11. The lowest BCUT2D eigenvalue weighted by Gasteiger charge is -2.37. The molecule has 4 nitrogen and oxygen atoms in total. The summed E-state index contributed by atoms with van der Waals surface area (Å²) in [5, 5.41) is 0. The van der Waals surface area contributed by atoms with Crippen LogP contribution < -0.4 is 10.5 Å². The second kappa shape index (κ2) is 4.14. The second-order valence-corrected chi connectivity index (χ2v) is 4.55. The zero-order chi connectivity index (χ0) is 11.6. The van der Waals surface area contributed by atoms with Gasteiger partial charge in [-0.2, -0.15) is 0 Å². The van der Waals surface area contributed by atoms with Crippen LogP contribution in [0.4, 0.5) is 5.69 Å². The van der Waals surface area contributed by atoms with Crippen LogP contribution in [0.25, 0.3) is 0 Å². The number of aldehydes is 1. The third kappa shape index (κ3) is 2.33. The first-order valence-electron chi connectivity index (χ1n) is 5.18. The number of carbonyl (C=O) groups excluding carboxylic acids is 1. The molecule has 0 unspecified atom stereocenters. The molecular weight excluding hydrogens is 206 g/mol. The Hall–Kier alpha value is -1.55. The number of ether oxygens (including phenoxy) is 2. The Morgan fingerprint density at radius 2 is 2.25 bits per heavy atom. The number of nitrogens with two attached hydrogens (primary N) is 1. The lowest BCUT2D eigenvalue weighted by Crippen LogP contribution is -2.44. The molecule has 16 heavy (non-hydrogen) atoms. The summed E-state index contributed by atoms with van der Waals surface area (Å²) in [5.41, 5.74) is 6.82. The molecular formula is C12H15NO3. The average molecular weight is 221 g/mol. The summed E-state index contributed by atoms with van der Waals surface area (Å²) in [5.74, 6) is 0.634. The van der Waals surface area contributed by atoms with E-state index in [0.29, 0.717) is 23.6 Å². The second-order valence-electron chi connectivity index (χ2n) is 4.55. The lowest BCUT2D eigenvalue weighted by molar-refractivity contribution is -0.120. The molecule has 0 saturated carbocycles. The predicted molar refractivity (Wildman–Crippen MR) is 60.7 cm³/mol. The van der Waals surface area contributed by atoms with Gasteiger partial charge in [-0.3, -0.25) is 4.79 Å². The van der Waals surface area contributed by atoms with E-state index >= 15 is 0 Å². The maximum atomic E-state index is 10.6. The molecule has 2 rings (SSSR count). The van der Waals surface area contributed by atoms with Crippen LogP contribution in [0.2, 0.25) is 0 Å². The molecule has 1 aliphatic rings. The fourth-order valence-electron chi connectivity index (χ4n) is 1.59. The third-order valence-corrected chi connectivity index (χ3v) is 2.58. The van der Waals surface area contributed by atoms with E-state index in [0.717, 1.165) is 19.5 Å². The Balaban J connectivity index is 2.03. The van der Waals surface area contributed by atoms with Crippen LogP contribution >= 0.6 is 0 Å². The number of anilines is 1. The van der Waals surface area contributed by atoms with Crippen LogP contribution in [0.5, 0.6) is 5.75 Å². The summed E-state index contributed by atoms with van der Waals surface area (Å²) >= 11 is 0. The van der Waals surface area contributed by atoms with Crippen molar-refractivity contribution in [1.82, 2.24) is 0 Å². The molecule has 1 saturated heterocycles. The molecule has 86 valence electrons. The fraction of sp³-hybridized carbons (Fsp3) is 0.417. The smallest absolute Gasteiger partial charge is 0.150 e. The third-order valence-electron chi connectivity index (χ3n) is 2.58. The van der Waals surface area contributed by atoms with Gasteiger partial charge in [0.2, 0.25) is 0 Å². The largest absolute Gasteiger partial charge is 0.493 e. The van der Waals surface area contributed by atoms with Gasteiger partial charge in [0.15, 0.2) is 0 Å². The van der Waals surface area contributed by atoms with Crippen molar-refractivity contribution in [2.75, 3.05) is 25.6 Å². The Labute approximate surface area is 94.3 Å². The Kier molecular flexibility index (Phi) is 2.83. The van der Waals surface area contributed by atoms with Gasteiger partial charge in [-0.1, -0.05) is 6.92 Å². The molecule has 0 atom stereocenters. The molecule has 0 spiro atoms. The number of benzene rings is 1. The van der Waals surface area contributed by atoms with E-state index in [4.69, 9.17) is 15.2 Å². The van der Waals surface area contributed by atoms with Crippen molar-refractivity contribution in [2.24, 2.45) is 5.41 Å². The van der Waals surface area contributed by atoms with E-state index in [1.165, 1.54) is 0 Å². The van der Waals surface area contributed by atoms with Gasteiger partial charge in [0.25, 0.3) is 0 Å². The van der Waals surface area contributed by atoms with Gasteiger partial charge >= 0.3 is 0 Å². The summed E-state index contributed by atoms with van der Waals surface area (Å²) in [4.78, 5) is 10.6. The summed E-state index contributed by atoms with van der Waals surface area (Å²) in [7, 11) is 0.